The molecule has 0 saturated heterocycles. The highest BCUT2D eigenvalue weighted by Crippen LogP contribution is 2.18. The van der Waals surface area contributed by atoms with Crippen LogP contribution >= 0.6 is 0 Å². The molecule has 0 atom stereocenters. The molecule has 0 radical (unpaired) electrons. The molecule has 0 unspecified atom stereocenters. The summed E-state index contributed by atoms with van der Waals surface area (Å²) in [5.41, 5.74) is 2.85. The summed E-state index contributed by atoms with van der Waals surface area (Å²) in [5.74, 6) is -0.155. The maximum absolute atomic E-state index is 12.8. The summed E-state index contributed by atoms with van der Waals surface area (Å²) < 4.78 is 0. The van der Waals surface area contributed by atoms with E-state index in [0.717, 1.165) is 5.56 Å². The molecule has 0 spiro atoms. The Morgan fingerprint density at radius 1 is 0.938 bits per heavy atom. The van der Waals surface area contributed by atoms with Gasteiger partial charge in [0.05, 0.1) is 22.2 Å². The lowest BCUT2D eigenvalue weighted by Gasteiger charge is -2.12. The Morgan fingerprint density at radius 3 is 2.56 bits per heavy atom. The standard InChI is InChI=1S/C25H22N4O3/c1-16-7-6-8-17(15-16)26-24(31)19-10-3-5-12-21(19)28-23(30)14-13-22-27-20-11-4-2-9-18(20)25(32)29-22/h2-12,15H,13-14H2,1H3,(H,26,31)(H,28,30)(H,27,29,32). The van der Waals surface area contributed by atoms with Crippen LogP contribution in [0.1, 0.15) is 28.2 Å². The van der Waals surface area contributed by atoms with Crippen LogP contribution in [0.5, 0.6) is 0 Å². The number of aromatic amines is 1. The summed E-state index contributed by atoms with van der Waals surface area (Å²) in [4.78, 5) is 44.6. The predicted molar refractivity (Wildman–Crippen MR) is 125 cm³/mol. The van der Waals surface area contributed by atoms with Gasteiger partial charge in [0.15, 0.2) is 0 Å². The van der Waals surface area contributed by atoms with E-state index in [1.54, 1.807) is 42.5 Å². The minimum Gasteiger partial charge on any atom is -0.325 e. The first-order chi connectivity index (χ1) is 15.5. The summed E-state index contributed by atoms with van der Waals surface area (Å²) >= 11 is 0. The number of nitrogens with zero attached hydrogens (tertiary/aromatic N) is 1. The molecule has 32 heavy (non-hydrogen) atoms. The van der Waals surface area contributed by atoms with Gasteiger partial charge in [-0.15, -0.1) is 0 Å². The molecule has 160 valence electrons. The van der Waals surface area contributed by atoms with Gasteiger partial charge in [0.2, 0.25) is 5.91 Å². The monoisotopic (exact) mass is 426 g/mol. The van der Waals surface area contributed by atoms with Crippen LogP contribution in [0.3, 0.4) is 0 Å². The van der Waals surface area contributed by atoms with Crippen molar-refractivity contribution >= 4 is 34.1 Å². The molecule has 0 aliphatic rings. The molecule has 3 aromatic carbocycles. The van der Waals surface area contributed by atoms with Gasteiger partial charge in [-0.3, -0.25) is 14.4 Å². The van der Waals surface area contributed by atoms with Crippen LogP contribution in [0.4, 0.5) is 11.4 Å². The van der Waals surface area contributed by atoms with Crippen LogP contribution in [-0.2, 0) is 11.2 Å². The second-order valence-electron chi connectivity index (χ2n) is 7.45. The van der Waals surface area contributed by atoms with Gasteiger partial charge in [-0.1, -0.05) is 36.4 Å². The van der Waals surface area contributed by atoms with Crippen molar-refractivity contribution in [1.29, 1.82) is 0 Å². The first kappa shape index (κ1) is 21.0. The van der Waals surface area contributed by atoms with Gasteiger partial charge in [0.25, 0.3) is 11.5 Å². The highest BCUT2D eigenvalue weighted by molar-refractivity contribution is 6.10. The molecule has 1 heterocycles. The molecule has 0 saturated carbocycles. The fourth-order valence-electron chi connectivity index (χ4n) is 3.41. The SMILES string of the molecule is Cc1cccc(NC(=O)c2ccccc2NC(=O)CCc2nc3ccccc3c(=O)[nH]2)c1. The van der Waals surface area contributed by atoms with Crippen LogP contribution < -0.4 is 16.2 Å². The topological polar surface area (TPSA) is 104 Å². The molecular weight excluding hydrogens is 404 g/mol. The number of benzene rings is 3. The van der Waals surface area contributed by atoms with E-state index in [1.165, 1.54) is 0 Å². The molecule has 0 aliphatic heterocycles. The van der Waals surface area contributed by atoms with E-state index in [1.807, 2.05) is 37.3 Å². The van der Waals surface area contributed by atoms with Crippen molar-refractivity contribution < 1.29 is 9.59 Å². The van der Waals surface area contributed by atoms with Crippen LogP contribution in [0.25, 0.3) is 10.9 Å². The third-order valence-corrected chi connectivity index (χ3v) is 4.97. The number of amides is 2. The maximum atomic E-state index is 12.8. The zero-order valence-electron chi connectivity index (χ0n) is 17.5. The van der Waals surface area contributed by atoms with Crippen molar-refractivity contribution in [3.8, 4) is 0 Å². The molecular formula is C25H22N4O3. The van der Waals surface area contributed by atoms with Gasteiger partial charge in [-0.2, -0.15) is 0 Å². The van der Waals surface area contributed by atoms with E-state index in [9.17, 15) is 14.4 Å². The molecule has 4 aromatic rings. The highest BCUT2D eigenvalue weighted by Gasteiger charge is 2.14. The number of aromatic nitrogens is 2. The molecule has 0 aliphatic carbocycles. The summed E-state index contributed by atoms with van der Waals surface area (Å²) in [6.45, 7) is 1.95. The minimum absolute atomic E-state index is 0.106. The Hall–Kier alpha value is -4.26. The average molecular weight is 426 g/mol. The lowest BCUT2D eigenvalue weighted by atomic mass is 10.1. The summed E-state index contributed by atoms with van der Waals surface area (Å²) in [7, 11) is 0. The number of nitrogens with one attached hydrogen (secondary N) is 3. The zero-order chi connectivity index (χ0) is 22.5. The fraction of sp³-hybridized carbons (Fsp3) is 0.120. The number of anilines is 2. The van der Waals surface area contributed by atoms with E-state index < -0.39 is 0 Å². The van der Waals surface area contributed by atoms with Crippen molar-refractivity contribution in [2.24, 2.45) is 0 Å². The van der Waals surface area contributed by atoms with Gasteiger partial charge >= 0.3 is 0 Å². The first-order valence-corrected chi connectivity index (χ1v) is 10.2. The molecule has 7 nitrogen and oxygen atoms in total. The second-order valence-corrected chi connectivity index (χ2v) is 7.45. The van der Waals surface area contributed by atoms with Gasteiger partial charge in [-0.05, 0) is 48.9 Å². The smallest absolute Gasteiger partial charge is 0.258 e. The third kappa shape index (κ3) is 4.89. The summed E-state index contributed by atoms with van der Waals surface area (Å²) in [6, 6.07) is 21.4. The van der Waals surface area contributed by atoms with Gasteiger partial charge in [0, 0.05) is 18.5 Å². The van der Waals surface area contributed by atoms with Crippen molar-refractivity contribution in [3.05, 3.63) is 100 Å². The number of hydrogen-bond donors (Lipinski definition) is 3. The van der Waals surface area contributed by atoms with Crippen LogP contribution in [-0.4, -0.2) is 21.8 Å². The Kier molecular flexibility index (Phi) is 6.07. The Bertz CT molecular complexity index is 1360. The molecule has 3 N–H and O–H groups in total. The predicted octanol–water partition coefficient (Wildman–Crippen LogP) is 4.06. The van der Waals surface area contributed by atoms with E-state index in [2.05, 4.69) is 20.6 Å². The number of hydrogen-bond acceptors (Lipinski definition) is 4. The minimum atomic E-state index is -0.313. The van der Waals surface area contributed by atoms with E-state index in [-0.39, 0.29) is 30.2 Å². The van der Waals surface area contributed by atoms with Crippen LogP contribution in [0.15, 0.2) is 77.6 Å². The molecule has 0 fully saturated rings. The number of para-hydroxylation sites is 2. The molecule has 1 aromatic heterocycles. The fourth-order valence-corrected chi connectivity index (χ4v) is 3.41. The molecule has 0 bridgehead atoms. The number of carbonyl (C=O) groups is 2. The summed E-state index contributed by atoms with van der Waals surface area (Å²) in [6.07, 6.45) is 0.374. The quantitative estimate of drug-likeness (QED) is 0.433. The lowest BCUT2D eigenvalue weighted by Crippen LogP contribution is -2.19. The number of rotatable bonds is 6. The van der Waals surface area contributed by atoms with E-state index >= 15 is 0 Å². The van der Waals surface area contributed by atoms with Gasteiger partial charge in [0.1, 0.15) is 5.82 Å². The van der Waals surface area contributed by atoms with Crippen molar-refractivity contribution in [2.45, 2.75) is 19.8 Å². The molecule has 4 rings (SSSR count). The highest BCUT2D eigenvalue weighted by atomic mass is 16.2. The third-order valence-electron chi connectivity index (χ3n) is 4.97. The van der Waals surface area contributed by atoms with E-state index in [0.29, 0.717) is 33.7 Å². The second kappa shape index (κ2) is 9.26. The molecule has 2 amide bonds. The van der Waals surface area contributed by atoms with Crippen LogP contribution in [0.2, 0.25) is 0 Å². The Labute approximate surface area is 184 Å². The van der Waals surface area contributed by atoms with Gasteiger partial charge < -0.3 is 15.6 Å². The largest absolute Gasteiger partial charge is 0.325 e. The van der Waals surface area contributed by atoms with Crippen molar-refractivity contribution in [3.63, 3.8) is 0 Å². The van der Waals surface area contributed by atoms with Crippen molar-refractivity contribution in [2.75, 3.05) is 10.6 Å². The number of carbonyl (C=O) groups excluding carboxylic acids is 2. The van der Waals surface area contributed by atoms with Crippen LogP contribution in [0, 0.1) is 6.92 Å². The first-order valence-electron chi connectivity index (χ1n) is 10.2. The number of fused-ring (bicyclic) bond motifs is 1. The summed E-state index contributed by atoms with van der Waals surface area (Å²) in [5, 5.41) is 6.15. The van der Waals surface area contributed by atoms with E-state index in [4.69, 9.17) is 0 Å². The Morgan fingerprint density at radius 2 is 1.72 bits per heavy atom. The maximum Gasteiger partial charge on any atom is 0.258 e. The zero-order valence-corrected chi connectivity index (χ0v) is 17.5. The number of aryl methyl sites for hydroxylation is 2. The molecule has 7 heteroatoms. The average Bonchev–Trinajstić information content (AvgIpc) is 2.78. The number of H-pyrrole nitrogens is 1. The van der Waals surface area contributed by atoms with Gasteiger partial charge in [-0.25, -0.2) is 4.98 Å². The van der Waals surface area contributed by atoms with Crippen molar-refractivity contribution in [1.82, 2.24) is 9.97 Å². The Balaban J connectivity index is 1.44. The normalized spacial score (nSPS) is 10.7. The lowest BCUT2D eigenvalue weighted by molar-refractivity contribution is -0.116.